The molecule has 1 aliphatic rings. The number of carbonyl (C=O) groups excluding carboxylic acids is 1. The number of aromatic nitrogens is 2. The number of hydrogen-bond acceptors (Lipinski definition) is 6. The highest BCUT2D eigenvalue weighted by atomic mass is 16.5. The summed E-state index contributed by atoms with van der Waals surface area (Å²) >= 11 is 0. The third-order valence-electron chi connectivity index (χ3n) is 5.40. The predicted octanol–water partition coefficient (Wildman–Crippen LogP) is 0.895. The number of ether oxygens (including phenoxy) is 1. The van der Waals surface area contributed by atoms with E-state index in [0.29, 0.717) is 5.69 Å². The Kier molecular flexibility index (Phi) is 6.49. The molecule has 1 saturated heterocycles. The number of nitrogens with zero attached hydrogens (tertiary/aromatic N) is 2. The van der Waals surface area contributed by atoms with Crippen LogP contribution < -0.4 is 16.6 Å². The fourth-order valence-electron chi connectivity index (χ4n) is 3.55. The number of nitrogens with one attached hydrogen (secondary N) is 1. The Labute approximate surface area is 179 Å². The van der Waals surface area contributed by atoms with Crippen molar-refractivity contribution >= 4 is 11.6 Å². The summed E-state index contributed by atoms with van der Waals surface area (Å²) in [7, 11) is 0. The molecule has 1 aromatic carbocycles. The van der Waals surface area contributed by atoms with Crippen molar-refractivity contribution in [2.24, 2.45) is 0 Å². The number of anilines is 1. The highest BCUT2D eigenvalue weighted by Gasteiger charge is 2.35. The maximum atomic E-state index is 12.9. The number of hydrogen-bond donors (Lipinski definition) is 3. The van der Waals surface area contributed by atoms with Crippen LogP contribution in [0.2, 0.25) is 0 Å². The van der Waals surface area contributed by atoms with Gasteiger partial charge >= 0.3 is 5.69 Å². The lowest BCUT2D eigenvalue weighted by molar-refractivity contribution is -0.116. The molecule has 1 aliphatic heterocycles. The SMILES string of the molecule is Cc1cn(C2CC(O)C(CO)O2)c(=O)n(CC(=O)Nc2ccc(C(C)(C)C)cc2)c1=O. The van der Waals surface area contributed by atoms with Gasteiger partial charge in [0.05, 0.1) is 12.7 Å². The van der Waals surface area contributed by atoms with Crippen molar-refractivity contribution in [2.45, 2.75) is 64.5 Å². The van der Waals surface area contributed by atoms with E-state index in [1.165, 1.54) is 17.7 Å². The Morgan fingerprint density at radius 1 is 1.23 bits per heavy atom. The first-order valence-electron chi connectivity index (χ1n) is 10.2. The molecule has 0 radical (unpaired) electrons. The van der Waals surface area contributed by atoms with E-state index in [-0.39, 0.29) is 24.0 Å². The molecule has 31 heavy (non-hydrogen) atoms. The summed E-state index contributed by atoms with van der Waals surface area (Å²) in [6.07, 6.45) is -1.13. The first-order chi connectivity index (χ1) is 14.5. The molecule has 1 fully saturated rings. The van der Waals surface area contributed by atoms with Gasteiger partial charge in [-0.05, 0) is 30.0 Å². The lowest BCUT2D eigenvalue weighted by Crippen LogP contribution is -2.44. The largest absolute Gasteiger partial charge is 0.394 e. The van der Waals surface area contributed by atoms with E-state index >= 15 is 0 Å². The van der Waals surface area contributed by atoms with E-state index in [9.17, 15) is 24.6 Å². The number of benzene rings is 1. The molecular formula is C22H29N3O6. The normalized spacial score (nSPS) is 21.3. The molecule has 2 aromatic rings. The van der Waals surface area contributed by atoms with Gasteiger partial charge in [0.25, 0.3) is 5.56 Å². The van der Waals surface area contributed by atoms with Crippen molar-refractivity contribution < 1.29 is 19.7 Å². The summed E-state index contributed by atoms with van der Waals surface area (Å²) in [5, 5.41) is 21.9. The molecule has 1 amide bonds. The van der Waals surface area contributed by atoms with Crippen LogP contribution in [0.5, 0.6) is 0 Å². The van der Waals surface area contributed by atoms with E-state index in [0.717, 1.165) is 10.1 Å². The number of aliphatic hydroxyl groups excluding tert-OH is 2. The average molecular weight is 431 g/mol. The smallest absolute Gasteiger partial charge is 0.333 e. The fourth-order valence-corrected chi connectivity index (χ4v) is 3.55. The summed E-state index contributed by atoms with van der Waals surface area (Å²) in [5.41, 5.74) is 0.622. The third-order valence-corrected chi connectivity index (χ3v) is 5.40. The molecule has 3 N–H and O–H groups in total. The fraction of sp³-hybridized carbons (Fsp3) is 0.500. The summed E-state index contributed by atoms with van der Waals surface area (Å²) in [4.78, 5) is 38.0. The molecule has 0 saturated carbocycles. The molecule has 1 aromatic heterocycles. The van der Waals surface area contributed by atoms with Gasteiger partial charge in [0, 0.05) is 23.9 Å². The number of aryl methyl sites for hydroxylation is 1. The van der Waals surface area contributed by atoms with Gasteiger partial charge in [0.2, 0.25) is 5.91 Å². The second-order valence-electron chi connectivity index (χ2n) is 8.88. The van der Waals surface area contributed by atoms with Crippen molar-refractivity contribution in [3.8, 4) is 0 Å². The van der Waals surface area contributed by atoms with Crippen LogP contribution in [0, 0.1) is 6.92 Å². The van der Waals surface area contributed by atoms with Gasteiger partial charge < -0.3 is 20.3 Å². The molecular weight excluding hydrogens is 402 g/mol. The Hall–Kier alpha value is -2.75. The number of aliphatic hydroxyl groups is 2. The monoisotopic (exact) mass is 431 g/mol. The number of carbonyl (C=O) groups is 1. The predicted molar refractivity (Wildman–Crippen MR) is 115 cm³/mol. The quantitative estimate of drug-likeness (QED) is 0.646. The van der Waals surface area contributed by atoms with Gasteiger partial charge in [0.15, 0.2) is 0 Å². The van der Waals surface area contributed by atoms with Gasteiger partial charge in [0.1, 0.15) is 18.9 Å². The van der Waals surface area contributed by atoms with Gasteiger partial charge in [-0.25, -0.2) is 4.79 Å². The topological polar surface area (TPSA) is 123 Å². The Morgan fingerprint density at radius 3 is 2.42 bits per heavy atom. The molecule has 3 atom stereocenters. The van der Waals surface area contributed by atoms with Gasteiger partial charge in [-0.1, -0.05) is 32.9 Å². The molecule has 0 aliphatic carbocycles. The van der Waals surface area contributed by atoms with E-state index < -0.39 is 42.1 Å². The van der Waals surface area contributed by atoms with Crippen LogP contribution in [0.1, 0.15) is 44.5 Å². The molecule has 3 rings (SSSR count). The zero-order valence-electron chi connectivity index (χ0n) is 18.2. The van der Waals surface area contributed by atoms with Crippen LogP contribution in [0.15, 0.2) is 40.1 Å². The van der Waals surface area contributed by atoms with Gasteiger partial charge in [-0.3, -0.25) is 18.7 Å². The van der Waals surface area contributed by atoms with E-state index in [4.69, 9.17) is 4.74 Å². The Balaban J connectivity index is 1.81. The van der Waals surface area contributed by atoms with Crippen LogP contribution in [0.4, 0.5) is 5.69 Å². The molecule has 2 heterocycles. The third kappa shape index (κ3) is 4.95. The number of amides is 1. The van der Waals surface area contributed by atoms with Gasteiger partial charge in [-0.15, -0.1) is 0 Å². The molecule has 3 unspecified atom stereocenters. The van der Waals surface area contributed by atoms with Gasteiger partial charge in [-0.2, -0.15) is 0 Å². The lowest BCUT2D eigenvalue weighted by Gasteiger charge is -2.19. The van der Waals surface area contributed by atoms with Crippen molar-refractivity contribution in [2.75, 3.05) is 11.9 Å². The van der Waals surface area contributed by atoms with Crippen LogP contribution in [-0.4, -0.2) is 44.1 Å². The average Bonchev–Trinajstić information content (AvgIpc) is 3.08. The Bertz CT molecular complexity index is 1060. The molecule has 168 valence electrons. The number of rotatable bonds is 5. The molecule has 0 bridgehead atoms. The highest BCUT2D eigenvalue weighted by Crippen LogP contribution is 2.27. The molecule has 9 nitrogen and oxygen atoms in total. The highest BCUT2D eigenvalue weighted by molar-refractivity contribution is 5.90. The standard InChI is InChI=1S/C22H29N3O6/c1-13-10-24(19-9-16(27)17(12-26)31-19)21(30)25(20(13)29)11-18(28)23-15-7-5-14(6-8-15)22(2,3)4/h5-8,10,16-17,19,26-27H,9,11-12H2,1-4H3,(H,23,28). The first kappa shape index (κ1) is 22.9. The first-order valence-corrected chi connectivity index (χ1v) is 10.2. The maximum Gasteiger partial charge on any atom is 0.333 e. The zero-order chi connectivity index (χ0) is 22.9. The summed E-state index contributed by atoms with van der Waals surface area (Å²) in [6.45, 7) is 6.95. The van der Waals surface area contributed by atoms with E-state index in [1.807, 2.05) is 12.1 Å². The second-order valence-corrected chi connectivity index (χ2v) is 8.88. The van der Waals surface area contributed by atoms with Crippen LogP contribution in [0.25, 0.3) is 0 Å². The summed E-state index contributed by atoms with van der Waals surface area (Å²) < 4.78 is 7.55. The van der Waals surface area contributed by atoms with Crippen LogP contribution >= 0.6 is 0 Å². The van der Waals surface area contributed by atoms with Crippen LogP contribution in [-0.2, 0) is 21.5 Å². The van der Waals surface area contributed by atoms with E-state index in [1.54, 1.807) is 12.1 Å². The van der Waals surface area contributed by atoms with Crippen LogP contribution in [0.3, 0.4) is 0 Å². The maximum absolute atomic E-state index is 12.9. The van der Waals surface area contributed by atoms with Crippen molar-refractivity contribution in [3.63, 3.8) is 0 Å². The Morgan fingerprint density at radius 2 is 1.87 bits per heavy atom. The molecule has 0 spiro atoms. The zero-order valence-corrected chi connectivity index (χ0v) is 18.2. The van der Waals surface area contributed by atoms with Crippen molar-refractivity contribution in [3.05, 3.63) is 62.4 Å². The van der Waals surface area contributed by atoms with Crippen molar-refractivity contribution in [1.29, 1.82) is 0 Å². The summed E-state index contributed by atoms with van der Waals surface area (Å²) in [6, 6.07) is 7.39. The minimum absolute atomic E-state index is 0.0204. The van der Waals surface area contributed by atoms with E-state index in [2.05, 4.69) is 26.1 Å². The summed E-state index contributed by atoms with van der Waals surface area (Å²) in [5.74, 6) is -0.513. The minimum atomic E-state index is -0.929. The van der Waals surface area contributed by atoms with Crippen molar-refractivity contribution in [1.82, 2.24) is 9.13 Å². The second kappa shape index (κ2) is 8.78. The molecule has 9 heteroatoms. The lowest BCUT2D eigenvalue weighted by atomic mass is 9.87. The minimum Gasteiger partial charge on any atom is -0.394 e.